The normalized spacial score (nSPS) is 11.3. The molecule has 124 valence electrons. The number of rotatable bonds is 5. The summed E-state index contributed by atoms with van der Waals surface area (Å²) in [6.45, 7) is 2.48. The molecule has 1 amide bonds. The second-order valence-electron chi connectivity index (χ2n) is 4.71. The molecule has 0 fully saturated rings. The van der Waals surface area contributed by atoms with Crippen LogP contribution in [0.2, 0.25) is 0 Å². The maximum Gasteiger partial charge on any atom is 0.307 e. The van der Waals surface area contributed by atoms with Gasteiger partial charge in [0.15, 0.2) is 10.4 Å². The molecule has 0 aliphatic rings. The molecule has 2 heterocycles. The van der Waals surface area contributed by atoms with Crippen molar-refractivity contribution in [3.05, 3.63) is 51.0 Å². The lowest BCUT2D eigenvalue weighted by Crippen LogP contribution is -2.16. The van der Waals surface area contributed by atoms with Crippen LogP contribution >= 0.6 is 31.9 Å². The molecule has 0 radical (unpaired) electrons. The Bertz CT molecular complexity index is 895. The van der Waals surface area contributed by atoms with Crippen molar-refractivity contribution in [3.8, 4) is 5.75 Å². The Hall–Kier alpha value is -2.06. The minimum atomic E-state index is -0.454. The van der Waals surface area contributed by atoms with Crippen molar-refractivity contribution in [3.63, 3.8) is 0 Å². The van der Waals surface area contributed by atoms with Gasteiger partial charge in [0.25, 0.3) is 0 Å². The van der Waals surface area contributed by atoms with Crippen LogP contribution in [0.5, 0.6) is 5.75 Å². The Morgan fingerprint density at radius 3 is 2.83 bits per heavy atom. The van der Waals surface area contributed by atoms with Crippen LogP contribution in [0, 0.1) is 0 Å². The molecule has 0 saturated heterocycles. The predicted octanol–water partition coefficient (Wildman–Crippen LogP) is 4.71. The highest BCUT2D eigenvalue weighted by Gasteiger charge is 2.12. The second-order valence-corrected chi connectivity index (χ2v) is 6.29. The van der Waals surface area contributed by atoms with E-state index in [1.54, 1.807) is 24.3 Å². The number of furan rings is 2. The fourth-order valence-corrected chi connectivity index (χ4v) is 2.63. The molecule has 1 aromatic carbocycles. The van der Waals surface area contributed by atoms with Crippen molar-refractivity contribution >= 4 is 55.0 Å². The Kier molecular flexibility index (Phi) is 5.06. The molecule has 8 heteroatoms. The van der Waals surface area contributed by atoms with Gasteiger partial charge in [0.05, 0.1) is 17.3 Å². The quantitative estimate of drug-likeness (QED) is 0.446. The maximum atomic E-state index is 12.1. The molecule has 0 bridgehead atoms. The average molecular weight is 456 g/mol. The zero-order valence-electron chi connectivity index (χ0n) is 12.5. The maximum absolute atomic E-state index is 12.1. The van der Waals surface area contributed by atoms with Crippen LogP contribution in [0.4, 0.5) is 0 Å². The van der Waals surface area contributed by atoms with E-state index in [0.29, 0.717) is 22.6 Å². The SMILES string of the molecule is CCOc1ccc2oc(C(=O)N/N=C/c3cc(Br)c(Br)o3)cc2c1. The lowest BCUT2D eigenvalue weighted by molar-refractivity contribution is 0.0929. The first-order chi connectivity index (χ1) is 11.6. The van der Waals surface area contributed by atoms with Gasteiger partial charge in [0.1, 0.15) is 17.1 Å². The number of hydrogen-bond acceptors (Lipinski definition) is 5. The number of benzene rings is 1. The summed E-state index contributed by atoms with van der Waals surface area (Å²) in [7, 11) is 0. The molecule has 0 spiro atoms. The summed E-state index contributed by atoms with van der Waals surface area (Å²) in [6.07, 6.45) is 1.39. The zero-order chi connectivity index (χ0) is 17.1. The van der Waals surface area contributed by atoms with Gasteiger partial charge in [-0.15, -0.1) is 0 Å². The van der Waals surface area contributed by atoms with Gasteiger partial charge in [-0.05, 0) is 63.0 Å². The number of hydrazone groups is 1. The molecule has 2 aromatic heterocycles. The number of carbonyl (C=O) groups is 1. The van der Waals surface area contributed by atoms with Crippen molar-refractivity contribution in [2.24, 2.45) is 5.10 Å². The van der Waals surface area contributed by atoms with Gasteiger partial charge in [-0.3, -0.25) is 4.79 Å². The predicted molar refractivity (Wildman–Crippen MR) is 96.6 cm³/mol. The summed E-state index contributed by atoms with van der Waals surface area (Å²) in [4.78, 5) is 12.1. The van der Waals surface area contributed by atoms with Crippen LogP contribution in [0.15, 0.2) is 53.4 Å². The molecule has 0 unspecified atom stereocenters. The third-order valence-corrected chi connectivity index (χ3v) is 4.75. The highest BCUT2D eigenvalue weighted by atomic mass is 79.9. The zero-order valence-corrected chi connectivity index (χ0v) is 15.7. The summed E-state index contributed by atoms with van der Waals surface area (Å²) in [5, 5.41) is 4.63. The van der Waals surface area contributed by atoms with Crippen molar-refractivity contribution in [2.75, 3.05) is 6.61 Å². The Morgan fingerprint density at radius 2 is 2.12 bits per heavy atom. The van der Waals surface area contributed by atoms with Gasteiger partial charge in [0, 0.05) is 11.5 Å². The highest BCUT2D eigenvalue weighted by Crippen LogP contribution is 2.26. The van der Waals surface area contributed by atoms with E-state index in [4.69, 9.17) is 13.6 Å². The van der Waals surface area contributed by atoms with Crippen molar-refractivity contribution in [1.29, 1.82) is 0 Å². The van der Waals surface area contributed by atoms with Crippen LogP contribution in [-0.4, -0.2) is 18.7 Å². The van der Waals surface area contributed by atoms with E-state index in [9.17, 15) is 4.79 Å². The Labute approximate surface area is 154 Å². The molecule has 24 heavy (non-hydrogen) atoms. The molecular weight excluding hydrogens is 444 g/mol. The summed E-state index contributed by atoms with van der Waals surface area (Å²) in [6, 6.07) is 8.74. The molecular formula is C16H12Br2N2O4. The third-order valence-electron chi connectivity index (χ3n) is 3.04. The summed E-state index contributed by atoms with van der Waals surface area (Å²) < 4.78 is 17.6. The molecule has 3 rings (SSSR count). The van der Waals surface area contributed by atoms with Crippen LogP contribution in [0.25, 0.3) is 11.0 Å². The first-order valence-corrected chi connectivity index (χ1v) is 8.60. The molecule has 0 atom stereocenters. The van der Waals surface area contributed by atoms with Gasteiger partial charge in [-0.25, -0.2) is 5.43 Å². The fourth-order valence-electron chi connectivity index (χ4n) is 2.03. The lowest BCUT2D eigenvalue weighted by Gasteiger charge is -2.00. The lowest BCUT2D eigenvalue weighted by atomic mass is 10.2. The largest absolute Gasteiger partial charge is 0.494 e. The summed E-state index contributed by atoms with van der Waals surface area (Å²) in [5.41, 5.74) is 3.00. The molecule has 0 aliphatic heterocycles. The number of amides is 1. The second kappa shape index (κ2) is 7.23. The molecule has 1 N–H and O–H groups in total. The molecule has 6 nitrogen and oxygen atoms in total. The highest BCUT2D eigenvalue weighted by molar-refractivity contribution is 9.13. The van der Waals surface area contributed by atoms with Crippen molar-refractivity contribution < 1.29 is 18.4 Å². The van der Waals surface area contributed by atoms with Crippen LogP contribution in [0.1, 0.15) is 23.2 Å². The fraction of sp³-hybridized carbons (Fsp3) is 0.125. The summed E-state index contributed by atoms with van der Waals surface area (Å²) >= 11 is 6.52. The van der Waals surface area contributed by atoms with E-state index in [-0.39, 0.29) is 5.76 Å². The molecule has 0 saturated carbocycles. The van der Waals surface area contributed by atoms with E-state index in [0.717, 1.165) is 15.6 Å². The standard InChI is InChI=1S/C16H12Br2N2O4/c1-2-22-10-3-4-13-9(5-10)6-14(24-13)16(21)20-19-8-11-7-12(17)15(18)23-11/h3-8H,2H2,1H3,(H,20,21)/b19-8+. The Morgan fingerprint density at radius 1 is 1.29 bits per heavy atom. The van der Waals surface area contributed by atoms with Gasteiger partial charge in [-0.2, -0.15) is 5.10 Å². The van der Waals surface area contributed by atoms with Crippen LogP contribution in [-0.2, 0) is 0 Å². The number of nitrogens with one attached hydrogen (secondary N) is 1. The monoisotopic (exact) mass is 454 g/mol. The minimum Gasteiger partial charge on any atom is -0.494 e. The van der Waals surface area contributed by atoms with Gasteiger partial charge >= 0.3 is 5.91 Å². The average Bonchev–Trinajstić information content (AvgIpc) is 3.11. The molecule has 3 aromatic rings. The third kappa shape index (κ3) is 3.70. The summed E-state index contributed by atoms with van der Waals surface area (Å²) in [5.74, 6) is 0.924. The van der Waals surface area contributed by atoms with Gasteiger partial charge in [-0.1, -0.05) is 0 Å². The van der Waals surface area contributed by atoms with E-state index < -0.39 is 5.91 Å². The number of ether oxygens (including phenoxy) is 1. The number of fused-ring (bicyclic) bond motifs is 1. The van der Waals surface area contributed by atoms with Crippen molar-refractivity contribution in [1.82, 2.24) is 5.43 Å². The number of hydrogen-bond donors (Lipinski definition) is 1. The van der Waals surface area contributed by atoms with E-state index in [2.05, 4.69) is 42.4 Å². The number of halogens is 2. The number of carbonyl (C=O) groups excluding carboxylic acids is 1. The first kappa shape index (κ1) is 16.8. The van der Waals surface area contributed by atoms with E-state index >= 15 is 0 Å². The van der Waals surface area contributed by atoms with Gasteiger partial charge < -0.3 is 13.6 Å². The van der Waals surface area contributed by atoms with Crippen LogP contribution < -0.4 is 10.2 Å². The van der Waals surface area contributed by atoms with E-state index in [1.165, 1.54) is 6.21 Å². The van der Waals surface area contributed by atoms with Crippen molar-refractivity contribution in [2.45, 2.75) is 6.92 Å². The Balaban J connectivity index is 1.71. The molecule has 0 aliphatic carbocycles. The smallest absolute Gasteiger partial charge is 0.307 e. The first-order valence-electron chi connectivity index (χ1n) is 7.01. The van der Waals surface area contributed by atoms with Crippen LogP contribution in [0.3, 0.4) is 0 Å². The minimum absolute atomic E-state index is 0.164. The van der Waals surface area contributed by atoms with Gasteiger partial charge in [0.2, 0.25) is 0 Å². The van der Waals surface area contributed by atoms with E-state index in [1.807, 2.05) is 13.0 Å². The topological polar surface area (TPSA) is 77.0 Å². The number of nitrogens with zero attached hydrogens (tertiary/aromatic N) is 1.